The van der Waals surface area contributed by atoms with Crippen LogP contribution in [-0.4, -0.2) is 21.7 Å². The van der Waals surface area contributed by atoms with Gasteiger partial charge < -0.3 is 9.73 Å². The smallest absolute Gasteiger partial charge is 0.242 e. The van der Waals surface area contributed by atoms with Gasteiger partial charge in [-0.15, -0.1) is 11.7 Å². The number of hydrogen-bond donors (Lipinski definition) is 2. The van der Waals surface area contributed by atoms with Gasteiger partial charge in [-0.25, -0.2) is 0 Å². The van der Waals surface area contributed by atoms with E-state index >= 15 is 0 Å². The quantitative estimate of drug-likeness (QED) is 0.719. The van der Waals surface area contributed by atoms with Crippen LogP contribution in [0.5, 0.6) is 0 Å². The van der Waals surface area contributed by atoms with Gasteiger partial charge in [0.05, 0.1) is 6.26 Å². The summed E-state index contributed by atoms with van der Waals surface area (Å²) in [4.78, 5) is 4.17. The van der Waals surface area contributed by atoms with Gasteiger partial charge in [0.15, 0.2) is 11.6 Å². The molecule has 0 bridgehead atoms. The van der Waals surface area contributed by atoms with Crippen LogP contribution >= 0.6 is 0 Å². The Morgan fingerprint density at radius 2 is 2.57 bits per heavy atom. The molecule has 0 aliphatic heterocycles. The summed E-state index contributed by atoms with van der Waals surface area (Å²) in [5.74, 6) is 1.82. The number of nitrogens with zero attached hydrogens (tertiary/aromatic N) is 2. The lowest BCUT2D eigenvalue weighted by atomic mass is 10.4. The number of anilines is 1. The number of furan rings is 1. The second kappa shape index (κ2) is 3.78. The van der Waals surface area contributed by atoms with Crippen LogP contribution in [0.1, 0.15) is 0 Å². The molecule has 0 aliphatic rings. The monoisotopic (exact) mass is 190 g/mol. The number of rotatable bonds is 4. The third kappa shape index (κ3) is 1.66. The summed E-state index contributed by atoms with van der Waals surface area (Å²) in [5.41, 5.74) is 0. The minimum absolute atomic E-state index is 0.538. The Morgan fingerprint density at radius 1 is 1.64 bits per heavy atom. The van der Waals surface area contributed by atoms with E-state index in [0.29, 0.717) is 24.1 Å². The van der Waals surface area contributed by atoms with Crippen LogP contribution in [0.2, 0.25) is 0 Å². The minimum Gasteiger partial charge on any atom is -0.461 e. The Hall–Kier alpha value is -2.04. The highest BCUT2D eigenvalue weighted by Gasteiger charge is 2.06. The van der Waals surface area contributed by atoms with Gasteiger partial charge in [-0.05, 0) is 12.1 Å². The zero-order chi connectivity index (χ0) is 9.80. The lowest BCUT2D eigenvalue weighted by Crippen LogP contribution is -1.98. The number of nitrogens with one attached hydrogen (secondary N) is 2. The molecule has 0 aromatic carbocycles. The average molecular weight is 190 g/mol. The summed E-state index contributed by atoms with van der Waals surface area (Å²) >= 11 is 0. The second-order valence-electron chi connectivity index (χ2n) is 2.65. The van der Waals surface area contributed by atoms with Crippen molar-refractivity contribution in [3.63, 3.8) is 0 Å². The Balaban J connectivity index is 2.14. The fourth-order valence-electron chi connectivity index (χ4n) is 1.03. The molecule has 2 rings (SSSR count). The van der Waals surface area contributed by atoms with Crippen LogP contribution in [0.4, 0.5) is 5.95 Å². The van der Waals surface area contributed by atoms with E-state index in [2.05, 4.69) is 27.1 Å². The van der Waals surface area contributed by atoms with Crippen molar-refractivity contribution in [3.05, 3.63) is 31.1 Å². The van der Waals surface area contributed by atoms with E-state index in [-0.39, 0.29) is 0 Å². The van der Waals surface area contributed by atoms with Crippen LogP contribution < -0.4 is 5.32 Å². The summed E-state index contributed by atoms with van der Waals surface area (Å²) in [6, 6.07) is 3.62. The van der Waals surface area contributed by atoms with Crippen molar-refractivity contribution in [2.45, 2.75) is 0 Å². The maximum Gasteiger partial charge on any atom is 0.242 e. The van der Waals surface area contributed by atoms with Crippen LogP contribution in [0.25, 0.3) is 11.6 Å². The summed E-state index contributed by atoms with van der Waals surface area (Å²) in [6.45, 7) is 4.22. The van der Waals surface area contributed by atoms with Gasteiger partial charge in [0, 0.05) is 6.54 Å². The molecule has 0 spiro atoms. The van der Waals surface area contributed by atoms with Gasteiger partial charge >= 0.3 is 0 Å². The predicted octanol–water partition coefficient (Wildman–Crippen LogP) is 1.66. The first-order valence-corrected chi connectivity index (χ1v) is 4.21. The predicted molar refractivity (Wildman–Crippen MR) is 52.8 cm³/mol. The van der Waals surface area contributed by atoms with Gasteiger partial charge in [0.25, 0.3) is 0 Å². The first kappa shape index (κ1) is 8.55. The molecule has 5 heteroatoms. The third-order valence-corrected chi connectivity index (χ3v) is 1.64. The number of aromatic amines is 1. The van der Waals surface area contributed by atoms with Crippen molar-refractivity contribution < 1.29 is 4.42 Å². The molecule has 2 aromatic heterocycles. The van der Waals surface area contributed by atoms with Crippen molar-refractivity contribution in [1.29, 1.82) is 0 Å². The summed E-state index contributed by atoms with van der Waals surface area (Å²) in [7, 11) is 0. The molecule has 0 amide bonds. The lowest BCUT2D eigenvalue weighted by Gasteiger charge is -1.92. The standard InChI is InChI=1S/C9H10N4O/c1-2-5-10-9-11-8(12-13-9)7-4-3-6-14-7/h2-4,6H,1,5H2,(H2,10,11,12,13). The van der Waals surface area contributed by atoms with Crippen molar-refractivity contribution >= 4 is 5.95 Å². The molecular weight excluding hydrogens is 180 g/mol. The maximum atomic E-state index is 5.16. The molecular formula is C9H10N4O. The number of H-pyrrole nitrogens is 1. The zero-order valence-corrected chi connectivity index (χ0v) is 7.53. The summed E-state index contributed by atoms with van der Waals surface area (Å²) in [5, 5.41) is 9.68. The molecule has 0 fully saturated rings. The van der Waals surface area contributed by atoms with Crippen molar-refractivity contribution in [1.82, 2.24) is 15.2 Å². The van der Waals surface area contributed by atoms with Gasteiger partial charge in [-0.2, -0.15) is 4.98 Å². The molecule has 2 heterocycles. The average Bonchev–Trinajstić information content (AvgIpc) is 2.85. The number of aromatic nitrogens is 3. The van der Waals surface area contributed by atoms with E-state index in [1.807, 2.05) is 6.07 Å². The van der Waals surface area contributed by atoms with Gasteiger partial charge in [0.2, 0.25) is 5.95 Å². The lowest BCUT2D eigenvalue weighted by molar-refractivity contribution is 0.577. The van der Waals surface area contributed by atoms with E-state index in [9.17, 15) is 0 Å². The van der Waals surface area contributed by atoms with Crippen LogP contribution in [0, 0.1) is 0 Å². The Kier molecular flexibility index (Phi) is 2.31. The summed E-state index contributed by atoms with van der Waals surface area (Å²) in [6.07, 6.45) is 3.33. The molecule has 14 heavy (non-hydrogen) atoms. The largest absolute Gasteiger partial charge is 0.461 e. The SMILES string of the molecule is C=CCNc1n[nH]c(-c2ccco2)n1. The molecule has 0 saturated heterocycles. The normalized spacial score (nSPS) is 10.0. The highest BCUT2D eigenvalue weighted by atomic mass is 16.3. The minimum atomic E-state index is 0.538. The van der Waals surface area contributed by atoms with E-state index in [1.54, 1.807) is 18.4 Å². The highest BCUT2D eigenvalue weighted by Crippen LogP contribution is 2.15. The molecule has 0 atom stereocenters. The highest BCUT2D eigenvalue weighted by molar-refractivity contribution is 5.48. The second-order valence-corrected chi connectivity index (χ2v) is 2.65. The third-order valence-electron chi connectivity index (χ3n) is 1.64. The van der Waals surface area contributed by atoms with E-state index in [1.165, 1.54) is 0 Å². The van der Waals surface area contributed by atoms with Gasteiger partial charge in [-0.1, -0.05) is 6.08 Å². The summed E-state index contributed by atoms with van der Waals surface area (Å²) < 4.78 is 5.16. The van der Waals surface area contributed by atoms with E-state index in [0.717, 1.165) is 0 Å². The topological polar surface area (TPSA) is 66.7 Å². The molecule has 2 aromatic rings. The van der Waals surface area contributed by atoms with Crippen molar-refractivity contribution in [3.8, 4) is 11.6 Å². The molecule has 0 unspecified atom stereocenters. The molecule has 0 aliphatic carbocycles. The van der Waals surface area contributed by atoms with Crippen LogP contribution in [0.3, 0.4) is 0 Å². The molecule has 0 radical (unpaired) electrons. The molecule has 5 nitrogen and oxygen atoms in total. The van der Waals surface area contributed by atoms with E-state index in [4.69, 9.17) is 4.42 Å². The van der Waals surface area contributed by atoms with E-state index < -0.39 is 0 Å². The van der Waals surface area contributed by atoms with Crippen molar-refractivity contribution in [2.75, 3.05) is 11.9 Å². The fraction of sp³-hybridized carbons (Fsp3) is 0.111. The Labute approximate surface area is 80.9 Å². The molecule has 2 N–H and O–H groups in total. The van der Waals surface area contributed by atoms with Crippen LogP contribution in [0.15, 0.2) is 35.5 Å². The van der Waals surface area contributed by atoms with Crippen LogP contribution in [-0.2, 0) is 0 Å². The molecule has 72 valence electrons. The maximum absolute atomic E-state index is 5.16. The van der Waals surface area contributed by atoms with Gasteiger partial charge in [0.1, 0.15) is 0 Å². The zero-order valence-electron chi connectivity index (χ0n) is 7.53. The first-order chi connectivity index (χ1) is 6.90. The fourth-order valence-corrected chi connectivity index (χ4v) is 1.03. The molecule has 0 saturated carbocycles. The number of hydrogen-bond acceptors (Lipinski definition) is 4. The first-order valence-electron chi connectivity index (χ1n) is 4.21. The Morgan fingerprint density at radius 3 is 3.29 bits per heavy atom. The van der Waals surface area contributed by atoms with Crippen molar-refractivity contribution in [2.24, 2.45) is 0 Å². The van der Waals surface area contributed by atoms with Gasteiger partial charge in [-0.3, -0.25) is 5.10 Å². The Bertz CT molecular complexity index is 404.